The Morgan fingerprint density at radius 1 is 1.23 bits per heavy atom. The summed E-state index contributed by atoms with van der Waals surface area (Å²) in [5, 5.41) is 7.02. The van der Waals surface area contributed by atoms with Crippen LogP contribution in [0.15, 0.2) is 12.1 Å². The maximum Gasteiger partial charge on any atom is 0.270 e. The van der Waals surface area contributed by atoms with Gasteiger partial charge < -0.3 is 9.47 Å². The predicted octanol–water partition coefficient (Wildman–Crippen LogP) is 0.718. The topological polar surface area (TPSA) is 70.1 Å². The summed E-state index contributed by atoms with van der Waals surface area (Å²) in [7, 11) is 1.93. The van der Waals surface area contributed by atoms with E-state index in [1.165, 1.54) is 0 Å². The Morgan fingerprint density at radius 2 is 1.95 bits per heavy atom. The van der Waals surface area contributed by atoms with Crippen LogP contribution in [0.4, 0.5) is 0 Å². The lowest BCUT2D eigenvalue weighted by molar-refractivity contribution is 0.0616. The molecule has 1 amide bonds. The number of aromatic amines is 1. The number of piperazine rings is 1. The van der Waals surface area contributed by atoms with E-state index in [4.69, 9.17) is 0 Å². The number of H-pyrrole nitrogens is 1. The van der Waals surface area contributed by atoms with Crippen molar-refractivity contribution in [1.29, 1.82) is 0 Å². The second kappa shape index (κ2) is 5.92. The molecule has 0 aromatic carbocycles. The molecule has 2 aromatic rings. The molecule has 0 atom stereocenters. The summed E-state index contributed by atoms with van der Waals surface area (Å²) in [4.78, 5) is 21.1. The van der Waals surface area contributed by atoms with Crippen molar-refractivity contribution in [1.82, 2.24) is 29.5 Å². The minimum absolute atomic E-state index is 0.115. The molecular formula is C15H22N6O. The highest BCUT2D eigenvalue weighted by Gasteiger charge is 2.24. The molecule has 2 aromatic heterocycles. The van der Waals surface area contributed by atoms with E-state index in [2.05, 4.69) is 20.1 Å². The van der Waals surface area contributed by atoms with E-state index in [0.717, 1.165) is 55.8 Å². The van der Waals surface area contributed by atoms with Gasteiger partial charge in [-0.05, 0) is 26.0 Å². The highest BCUT2D eigenvalue weighted by atomic mass is 16.2. The Bertz CT molecular complexity index is 665. The smallest absolute Gasteiger partial charge is 0.270 e. The monoisotopic (exact) mass is 302 g/mol. The van der Waals surface area contributed by atoms with E-state index in [1.807, 2.05) is 42.5 Å². The van der Waals surface area contributed by atoms with Crippen molar-refractivity contribution >= 4 is 5.91 Å². The minimum atomic E-state index is 0.115. The quantitative estimate of drug-likeness (QED) is 0.907. The van der Waals surface area contributed by atoms with Gasteiger partial charge in [0.25, 0.3) is 5.91 Å². The first kappa shape index (κ1) is 14.8. The second-order valence-electron chi connectivity index (χ2n) is 5.82. The van der Waals surface area contributed by atoms with Gasteiger partial charge in [-0.2, -0.15) is 5.10 Å². The van der Waals surface area contributed by atoms with Gasteiger partial charge in [-0.25, -0.2) is 4.98 Å². The highest BCUT2D eigenvalue weighted by molar-refractivity contribution is 5.93. The van der Waals surface area contributed by atoms with E-state index >= 15 is 0 Å². The van der Waals surface area contributed by atoms with Crippen LogP contribution < -0.4 is 0 Å². The van der Waals surface area contributed by atoms with Crippen molar-refractivity contribution in [2.24, 2.45) is 7.05 Å². The molecule has 0 aliphatic carbocycles. The molecule has 0 unspecified atom stereocenters. The summed E-state index contributed by atoms with van der Waals surface area (Å²) >= 11 is 0. The van der Waals surface area contributed by atoms with E-state index in [-0.39, 0.29) is 5.91 Å². The van der Waals surface area contributed by atoms with Gasteiger partial charge >= 0.3 is 0 Å². The lowest BCUT2D eigenvalue weighted by Gasteiger charge is -2.34. The van der Waals surface area contributed by atoms with Crippen molar-refractivity contribution in [3.8, 4) is 0 Å². The van der Waals surface area contributed by atoms with E-state index < -0.39 is 0 Å². The maximum atomic E-state index is 12.6. The van der Waals surface area contributed by atoms with Crippen molar-refractivity contribution < 1.29 is 4.79 Å². The number of hydrogen-bond donors (Lipinski definition) is 1. The summed E-state index contributed by atoms with van der Waals surface area (Å²) in [5.74, 6) is 1.77. The van der Waals surface area contributed by atoms with Crippen LogP contribution in [0.5, 0.6) is 0 Å². The number of nitrogens with one attached hydrogen (secondary N) is 1. The molecule has 1 N–H and O–H groups in total. The lowest BCUT2D eigenvalue weighted by atomic mass is 10.2. The van der Waals surface area contributed by atoms with E-state index in [0.29, 0.717) is 0 Å². The number of amides is 1. The van der Waals surface area contributed by atoms with Crippen molar-refractivity contribution in [3.63, 3.8) is 0 Å². The molecule has 0 bridgehead atoms. The molecular weight excluding hydrogens is 280 g/mol. The SMILES string of the molecule is Cc1nc(CN2CCN(C(=O)c3ccc(C)n3C)CC2)n[nH]1. The number of aryl methyl sites for hydroxylation is 2. The molecule has 1 saturated heterocycles. The Labute approximate surface area is 129 Å². The van der Waals surface area contributed by atoms with Gasteiger partial charge in [-0.1, -0.05) is 0 Å². The highest BCUT2D eigenvalue weighted by Crippen LogP contribution is 2.12. The van der Waals surface area contributed by atoms with Crippen LogP contribution in [0.3, 0.4) is 0 Å². The first-order valence-electron chi connectivity index (χ1n) is 7.56. The Kier molecular flexibility index (Phi) is 3.98. The van der Waals surface area contributed by atoms with Gasteiger partial charge in [0, 0.05) is 38.9 Å². The van der Waals surface area contributed by atoms with Crippen LogP contribution in [0.2, 0.25) is 0 Å². The molecule has 1 fully saturated rings. The van der Waals surface area contributed by atoms with Crippen molar-refractivity contribution in [2.75, 3.05) is 26.2 Å². The van der Waals surface area contributed by atoms with Crippen LogP contribution in [0.1, 0.15) is 27.8 Å². The first-order chi connectivity index (χ1) is 10.5. The summed E-state index contributed by atoms with van der Waals surface area (Å²) in [6, 6.07) is 3.88. The van der Waals surface area contributed by atoms with Gasteiger partial charge in [0.2, 0.25) is 0 Å². The molecule has 0 saturated carbocycles. The molecule has 7 heteroatoms. The number of nitrogens with zero attached hydrogens (tertiary/aromatic N) is 5. The molecule has 0 radical (unpaired) electrons. The summed E-state index contributed by atoms with van der Waals surface area (Å²) in [6.45, 7) is 7.82. The number of hydrogen-bond acceptors (Lipinski definition) is 4. The summed E-state index contributed by atoms with van der Waals surface area (Å²) in [6.07, 6.45) is 0. The zero-order valence-electron chi connectivity index (χ0n) is 13.3. The lowest BCUT2D eigenvalue weighted by Crippen LogP contribution is -2.48. The molecule has 0 spiro atoms. The van der Waals surface area contributed by atoms with Gasteiger partial charge in [-0.3, -0.25) is 14.8 Å². The fraction of sp³-hybridized carbons (Fsp3) is 0.533. The minimum Gasteiger partial charge on any atom is -0.344 e. The normalized spacial score (nSPS) is 16.2. The number of carbonyl (C=O) groups is 1. The van der Waals surface area contributed by atoms with E-state index in [9.17, 15) is 4.79 Å². The largest absolute Gasteiger partial charge is 0.344 e. The van der Waals surface area contributed by atoms with Crippen molar-refractivity contribution in [3.05, 3.63) is 35.2 Å². The summed E-state index contributed by atoms with van der Waals surface area (Å²) in [5.41, 5.74) is 1.86. The van der Waals surface area contributed by atoms with Crippen LogP contribution in [0.25, 0.3) is 0 Å². The maximum absolute atomic E-state index is 12.6. The van der Waals surface area contributed by atoms with Gasteiger partial charge in [0.05, 0.1) is 6.54 Å². The Balaban J connectivity index is 1.57. The third-order valence-corrected chi connectivity index (χ3v) is 4.26. The molecule has 22 heavy (non-hydrogen) atoms. The number of carbonyl (C=O) groups excluding carboxylic acids is 1. The van der Waals surface area contributed by atoms with Crippen LogP contribution in [-0.4, -0.2) is 61.6 Å². The number of aromatic nitrogens is 4. The average Bonchev–Trinajstić information content (AvgIpc) is 3.06. The average molecular weight is 302 g/mol. The number of rotatable bonds is 3. The molecule has 1 aliphatic rings. The van der Waals surface area contributed by atoms with Crippen LogP contribution in [0, 0.1) is 13.8 Å². The third kappa shape index (κ3) is 2.89. The molecule has 7 nitrogen and oxygen atoms in total. The second-order valence-corrected chi connectivity index (χ2v) is 5.82. The van der Waals surface area contributed by atoms with Crippen LogP contribution in [-0.2, 0) is 13.6 Å². The molecule has 1 aliphatic heterocycles. The molecule has 118 valence electrons. The summed E-state index contributed by atoms with van der Waals surface area (Å²) < 4.78 is 1.95. The van der Waals surface area contributed by atoms with Gasteiger partial charge in [-0.15, -0.1) is 0 Å². The predicted molar refractivity (Wildman–Crippen MR) is 82.5 cm³/mol. The van der Waals surface area contributed by atoms with Gasteiger partial charge in [0.1, 0.15) is 11.5 Å². The van der Waals surface area contributed by atoms with Crippen LogP contribution >= 0.6 is 0 Å². The molecule has 3 rings (SSSR count). The standard InChI is InChI=1S/C15H22N6O/c1-11-4-5-13(19(11)3)15(22)21-8-6-20(7-9-21)10-14-16-12(2)17-18-14/h4-5H,6-10H2,1-3H3,(H,16,17,18). The Morgan fingerprint density at radius 3 is 2.50 bits per heavy atom. The zero-order chi connectivity index (χ0) is 15.7. The Hall–Kier alpha value is -2.15. The van der Waals surface area contributed by atoms with Gasteiger partial charge in [0.15, 0.2) is 5.82 Å². The molecule has 3 heterocycles. The zero-order valence-corrected chi connectivity index (χ0v) is 13.3. The van der Waals surface area contributed by atoms with E-state index in [1.54, 1.807) is 0 Å². The first-order valence-corrected chi connectivity index (χ1v) is 7.56. The fourth-order valence-electron chi connectivity index (χ4n) is 2.76. The van der Waals surface area contributed by atoms with Crippen molar-refractivity contribution in [2.45, 2.75) is 20.4 Å². The third-order valence-electron chi connectivity index (χ3n) is 4.26. The fourth-order valence-corrected chi connectivity index (χ4v) is 2.76.